The normalized spacial score (nSPS) is 10.0. The third-order valence-electron chi connectivity index (χ3n) is 1.37. The van der Waals surface area contributed by atoms with E-state index >= 15 is 0 Å². The molecule has 0 aliphatic heterocycles. The summed E-state index contributed by atoms with van der Waals surface area (Å²) in [5.41, 5.74) is 0. The van der Waals surface area contributed by atoms with Crippen LogP contribution in [0, 0.1) is 0 Å². The molecule has 0 aromatic rings. The number of nitrogens with zero attached hydrogens (tertiary/aromatic N) is 1. The van der Waals surface area contributed by atoms with Crippen molar-refractivity contribution in [2.45, 2.75) is 26.3 Å². The molecular weight excluding hydrogens is 130 g/mol. The molecule has 0 spiro atoms. The fourth-order valence-electron chi connectivity index (χ4n) is 0.686. The van der Waals surface area contributed by atoms with E-state index in [-0.39, 0.29) is 12.6 Å². The first kappa shape index (κ1) is 9.43. The first-order chi connectivity index (χ1) is 4.72. The van der Waals surface area contributed by atoms with Crippen molar-refractivity contribution in [3.05, 3.63) is 0 Å². The Morgan fingerprint density at radius 3 is 2.50 bits per heavy atom. The Morgan fingerprint density at radius 2 is 2.20 bits per heavy atom. The number of aliphatic hydroxyl groups excluding tert-OH is 1. The highest BCUT2D eigenvalue weighted by molar-refractivity contribution is 5.47. The lowest BCUT2D eigenvalue weighted by Gasteiger charge is -2.20. The van der Waals surface area contributed by atoms with Crippen molar-refractivity contribution >= 4 is 6.41 Å². The lowest BCUT2D eigenvalue weighted by atomic mass is 10.3. The number of hydrogen-bond donors (Lipinski definition) is 1. The highest BCUT2D eigenvalue weighted by Crippen LogP contribution is 1.94. The van der Waals surface area contributed by atoms with E-state index in [1.54, 1.807) is 4.90 Å². The van der Waals surface area contributed by atoms with E-state index in [1.807, 2.05) is 13.8 Å². The predicted octanol–water partition coefficient (Wildman–Crippen LogP) is 0.236. The van der Waals surface area contributed by atoms with E-state index in [4.69, 9.17) is 5.11 Å². The lowest BCUT2D eigenvalue weighted by molar-refractivity contribution is -0.119. The van der Waals surface area contributed by atoms with Gasteiger partial charge in [0.15, 0.2) is 0 Å². The van der Waals surface area contributed by atoms with E-state index in [0.717, 1.165) is 6.41 Å². The lowest BCUT2D eigenvalue weighted by Crippen LogP contribution is -2.30. The van der Waals surface area contributed by atoms with Crippen LogP contribution in [0.3, 0.4) is 0 Å². The summed E-state index contributed by atoms with van der Waals surface area (Å²) in [6, 6.07) is 0.240. The molecule has 0 aromatic heterocycles. The molecular formula is C7H15NO2. The Labute approximate surface area is 61.6 Å². The molecule has 0 radical (unpaired) electrons. The zero-order valence-corrected chi connectivity index (χ0v) is 6.58. The van der Waals surface area contributed by atoms with Crippen LogP contribution >= 0.6 is 0 Å². The molecule has 0 fully saturated rings. The summed E-state index contributed by atoms with van der Waals surface area (Å²) < 4.78 is 0. The Balaban J connectivity index is 3.50. The summed E-state index contributed by atoms with van der Waals surface area (Å²) in [5, 5.41) is 8.45. The fraction of sp³-hybridized carbons (Fsp3) is 0.857. The molecule has 1 N–H and O–H groups in total. The maximum Gasteiger partial charge on any atom is 0.209 e. The van der Waals surface area contributed by atoms with Crippen molar-refractivity contribution < 1.29 is 9.90 Å². The Hall–Kier alpha value is -0.570. The second-order valence-corrected chi connectivity index (χ2v) is 2.51. The van der Waals surface area contributed by atoms with Crippen LogP contribution < -0.4 is 0 Å². The maximum atomic E-state index is 10.3. The zero-order valence-electron chi connectivity index (χ0n) is 6.58. The molecule has 1 amide bonds. The van der Waals surface area contributed by atoms with Crippen molar-refractivity contribution in [3.8, 4) is 0 Å². The van der Waals surface area contributed by atoms with Crippen LogP contribution in [0.25, 0.3) is 0 Å². The van der Waals surface area contributed by atoms with Gasteiger partial charge in [-0.25, -0.2) is 0 Å². The molecule has 3 heteroatoms. The quantitative estimate of drug-likeness (QED) is 0.563. The van der Waals surface area contributed by atoms with Gasteiger partial charge in [-0.15, -0.1) is 0 Å². The second kappa shape index (κ2) is 5.23. The molecule has 0 unspecified atom stereocenters. The van der Waals surface area contributed by atoms with Crippen LogP contribution in [0.2, 0.25) is 0 Å². The largest absolute Gasteiger partial charge is 0.396 e. The molecule has 0 saturated carbocycles. The third-order valence-corrected chi connectivity index (χ3v) is 1.37. The van der Waals surface area contributed by atoms with Crippen molar-refractivity contribution in [2.75, 3.05) is 13.2 Å². The summed E-state index contributed by atoms with van der Waals surface area (Å²) in [6.07, 6.45) is 1.48. The van der Waals surface area contributed by atoms with Crippen LogP contribution in [-0.2, 0) is 4.79 Å². The van der Waals surface area contributed by atoms with E-state index < -0.39 is 0 Å². The Kier molecular flexibility index (Phi) is 4.94. The van der Waals surface area contributed by atoms with E-state index in [0.29, 0.717) is 13.0 Å². The van der Waals surface area contributed by atoms with Gasteiger partial charge >= 0.3 is 0 Å². The molecule has 0 aliphatic rings. The van der Waals surface area contributed by atoms with Gasteiger partial charge in [0, 0.05) is 19.2 Å². The van der Waals surface area contributed by atoms with Gasteiger partial charge in [-0.2, -0.15) is 0 Å². The molecule has 0 aromatic carbocycles. The number of rotatable bonds is 5. The number of hydrogen-bond acceptors (Lipinski definition) is 2. The molecule has 10 heavy (non-hydrogen) atoms. The molecule has 0 atom stereocenters. The molecule has 60 valence electrons. The monoisotopic (exact) mass is 145 g/mol. The van der Waals surface area contributed by atoms with Gasteiger partial charge in [-0.05, 0) is 20.3 Å². The van der Waals surface area contributed by atoms with Crippen LogP contribution in [0.5, 0.6) is 0 Å². The first-order valence-electron chi connectivity index (χ1n) is 3.54. The van der Waals surface area contributed by atoms with Crippen molar-refractivity contribution in [1.29, 1.82) is 0 Å². The topological polar surface area (TPSA) is 40.5 Å². The van der Waals surface area contributed by atoms with Gasteiger partial charge in [-0.3, -0.25) is 4.79 Å². The average Bonchev–Trinajstić information content (AvgIpc) is 1.89. The summed E-state index contributed by atoms with van der Waals surface area (Å²) in [4.78, 5) is 12.0. The minimum Gasteiger partial charge on any atom is -0.396 e. The fourth-order valence-corrected chi connectivity index (χ4v) is 0.686. The predicted molar refractivity (Wildman–Crippen MR) is 39.6 cm³/mol. The second-order valence-electron chi connectivity index (χ2n) is 2.51. The van der Waals surface area contributed by atoms with Crippen LogP contribution in [0.15, 0.2) is 0 Å². The standard InChI is InChI=1S/C7H15NO2/c1-7(2)8(6-10)4-3-5-9/h6-7,9H,3-5H2,1-2H3. The summed E-state index contributed by atoms with van der Waals surface area (Å²) in [6.45, 7) is 4.70. The van der Waals surface area contributed by atoms with Crippen LogP contribution in [0.4, 0.5) is 0 Å². The molecule has 0 heterocycles. The molecule has 0 rings (SSSR count). The molecule has 0 aliphatic carbocycles. The number of carbonyl (C=O) groups is 1. The van der Waals surface area contributed by atoms with Crippen LogP contribution in [0.1, 0.15) is 20.3 Å². The molecule has 3 nitrogen and oxygen atoms in total. The number of aliphatic hydroxyl groups is 1. The van der Waals surface area contributed by atoms with Gasteiger partial charge in [0.1, 0.15) is 0 Å². The molecule has 0 bridgehead atoms. The summed E-state index contributed by atoms with van der Waals surface area (Å²) >= 11 is 0. The minimum absolute atomic E-state index is 0.150. The third kappa shape index (κ3) is 3.45. The number of amides is 1. The highest BCUT2D eigenvalue weighted by atomic mass is 16.3. The summed E-state index contributed by atoms with van der Waals surface area (Å²) in [5.74, 6) is 0. The van der Waals surface area contributed by atoms with Crippen molar-refractivity contribution in [1.82, 2.24) is 4.90 Å². The van der Waals surface area contributed by atoms with Gasteiger partial charge in [0.25, 0.3) is 0 Å². The molecule has 0 saturated heterocycles. The van der Waals surface area contributed by atoms with E-state index in [1.165, 1.54) is 0 Å². The van der Waals surface area contributed by atoms with Gasteiger partial charge in [-0.1, -0.05) is 0 Å². The number of carbonyl (C=O) groups excluding carboxylic acids is 1. The SMILES string of the molecule is CC(C)N(C=O)CCCO. The van der Waals surface area contributed by atoms with Gasteiger partial charge < -0.3 is 10.0 Å². The van der Waals surface area contributed by atoms with Gasteiger partial charge in [0.05, 0.1) is 0 Å². The van der Waals surface area contributed by atoms with E-state index in [9.17, 15) is 4.79 Å². The Morgan fingerprint density at radius 1 is 1.60 bits per heavy atom. The van der Waals surface area contributed by atoms with Crippen molar-refractivity contribution in [2.24, 2.45) is 0 Å². The van der Waals surface area contributed by atoms with Gasteiger partial charge in [0.2, 0.25) is 6.41 Å². The first-order valence-corrected chi connectivity index (χ1v) is 3.54. The van der Waals surface area contributed by atoms with Crippen LogP contribution in [-0.4, -0.2) is 35.6 Å². The zero-order chi connectivity index (χ0) is 7.98. The minimum atomic E-state index is 0.150. The van der Waals surface area contributed by atoms with Crippen molar-refractivity contribution in [3.63, 3.8) is 0 Å². The average molecular weight is 145 g/mol. The maximum absolute atomic E-state index is 10.3. The highest BCUT2D eigenvalue weighted by Gasteiger charge is 2.03. The Bertz CT molecular complexity index is 93.6. The smallest absolute Gasteiger partial charge is 0.209 e. The summed E-state index contributed by atoms with van der Waals surface area (Å²) in [7, 11) is 0. The van der Waals surface area contributed by atoms with E-state index in [2.05, 4.69) is 0 Å².